The third-order valence-corrected chi connectivity index (χ3v) is 2.77. The number of rotatable bonds is 4. The fraction of sp³-hybridized carbons (Fsp3) is 0.500. The van der Waals surface area contributed by atoms with E-state index in [1.54, 1.807) is 0 Å². The van der Waals surface area contributed by atoms with E-state index >= 15 is 0 Å². The number of benzene rings is 1. The minimum Gasteiger partial charge on any atom is -0.271 e. The van der Waals surface area contributed by atoms with Gasteiger partial charge in [-0.3, -0.25) is 11.3 Å². The number of hydrogen-bond donors (Lipinski definition) is 2. The molecule has 3 N–H and O–H groups in total. The predicted molar refractivity (Wildman–Crippen MR) is 65.7 cm³/mol. The molecule has 0 amide bonds. The highest BCUT2D eigenvalue weighted by molar-refractivity contribution is 6.31. The van der Waals surface area contributed by atoms with Gasteiger partial charge in [-0.1, -0.05) is 37.6 Å². The molecular weight excluding hydrogens is 208 g/mol. The van der Waals surface area contributed by atoms with Crippen LogP contribution in [0.3, 0.4) is 0 Å². The van der Waals surface area contributed by atoms with E-state index in [1.165, 1.54) is 5.56 Å². The van der Waals surface area contributed by atoms with Crippen molar-refractivity contribution < 1.29 is 0 Å². The van der Waals surface area contributed by atoms with Crippen LogP contribution in [0.25, 0.3) is 0 Å². The number of aryl methyl sites for hydroxylation is 1. The molecule has 0 aromatic heterocycles. The highest BCUT2D eigenvalue weighted by atomic mass is 35.5. The van der Waals surface area contributed by atoms with Gasteiger partial charge in [-0.15, -0.1) is 0 Å². The monoisotopic (exact) mass is 226 g/mol. The van der Waals surface area contributed by atoms with Crippen molar-refractivity contribution >= 4 is 11.6 Å². The Kier molecular flexibility index (Phi) is 4.58. The van der Waals surface area contributed by atoms with Gasteiger partial charge in [0, 0.05) is 11.1 Å². The van der Waals surface area contributed by atoms with Crippen molar-refractivity contribution in [3.8, 4) is 0 Å². The van der Waals surface area contributed by atoms with Gasteiger partial charge in [0.2, 0.25) is 0 Å². The fourth-order valence-corrected chi connectivity index (χ4v) is 2.04. The van der Waals surface area contributed by atoms with Gasteiger partial charge >= 0.3 is 0 Å². The number of hydrogen-bond acceptors (Lipinski definition) is 2. The Morgan fingerprint density at radius 1 is 1.40 bits per heavy atom. The molecule has 15 heavy (non-hydrogen) atoms. The number of nitrogens with one attached hydrogen (secondary N) is 1. The Labute approximate surface area is 96.8 Å². The zero-order valence-electron chi connectivity index (χ0n) is 9.55. The molecule has 1 aromatic rings. The van der Waals surface area contributed by atoms with Gasteiger partial charge in [0.1, 0.15) is 0 Å². The lowest BCUT2D eigenvalue weighted by Gasteiger charge is -2.19. The summed E-state index contributed by atoms with van der Waals surface area (Å²) >= 11 is 6.19. The van der Waals surface area contributed by atoms with Crippen LogP contribution < -0.4 is 11.3 Å². The van der Waals surface area contributed by atoms with Crippen LogP contribution in [0.4, 0.5) is 0 Å². The summed E-state index contributed by atoms with van der Waals surface area (Å²) in [5.74, 6) is 6.14. The molecule has 3 heteroatoms. The standard InChI is InChI=1S/C12H19ClN2/c1-8(2)6-12(15-14)10-5-4-9(3)7-11(10)13/h4-5,7-8,12,15H,6,14H2,1-3H3. The first-order valence-corrected chi connectivity index (χ1v) is 5.64. The predicted octanol–water partition coefficient (Wildman–Crippen LogP) is 3.20. The number of nitrogens with two attached hydrogens (primary N) is 1. The summed E-state index contributed by atoms with van der Waals surface area (Å²) in [5.41, 5.74) is 5.08. The highest BCUT2D eigenvalue weighted by Gasteiger charge is 2.14. The van der Waals surface area contributed by atoms with Crippen LogP contribution in [0.2, 0.25) is 5.02 Å². The Morgan fingerprint density at radius 2 is 2.07 bits per heavy atom. The van der Waals surface area contributed by atoms with Crippen molar-refractivity contribution in [3.05, 3.63) is 34.3 Å². The van der Waals surface area contributed by atoms with Crippen LogP contribution in [0, 0.1) is 12.8 Å². The lowest BCUT2D eigenvalue weighted by atomic mass is 9.97. The summed E-state index contributed by atoms with van der Waals surface area (Å²) < 4.78 is 0. The molecule has 0 aliphatic rings. The second-order valence-electron chi connectivity index (χ2n) is 4.37. The Morgan fingerprint density at radius 3 is 2.53 bits per heavy atom. The zero-order valence-corrected chi connectivity index (χ0v) is 10.3. The second kappa shape index (κ2) is 5.50. The summed E-state index contributed by atoms with van der Waals surface area (Å²) in [6, 6.07) is 6.22. The van der Waals surface area contributed by atoms with Gasteiger partial charge in [0.05, 0.1) is 0 Å². The second-order valence-corrected chi connectivity index (χ2v) is 4.78. The molecule has 0 spiro atoms. The molecule has 1 atom stereocenters. The topological polar surface area (TPSA) is 38.0 Å². The minimum absolute atomic E-state index is 0.137. The van der Waals surface area contributed by atoms with Crippen LogP contribution in [-0.4, -0.2) is 0 Å². The first kappa shape index (κ1) is 12.5. The molecule has 0 saturated carbocycles. The molecule has 0 fully saturated rings. The lowest BCUT2D eigenvalue weighted by molar-refractivity contribution is 0.438. The molecule has 2 nitrogen and oxygen atoms in total. The van der Waals surface area contributed by atoms with E-state index in [0.717, 1.165) is 17.0 Å². The minimum atomic E-state index is 0.137. The quantitative estimate of drug-likeness (QED) is 0.611. The molecular formula is C12H19ClN2. The number of halogens is 1. The summed E-state index contributed by atoms with van der Waals surface area (Å²) in [6.07, 6.45) is 0.985. The van der Waals surface area contributed by atoms with Crippen LogP contribution >= 0.6 is 11.6 Å². The molecule has 1 unspecified atom stereocenters. The average molecular weight is 227 g/mol. The van der Waals surface area contributed by atoms with Crippen molar-refractivity contribution in [1.29, 1.82) is 0 Å². The molecule has 0 bridgehead atoms. The van der Waals surface area contributed by atoms with E-state index in [0.29, 0.717) is 5.92 Å². The maximum atomic E-state index is 6.19. The SMILES string of the molecule is Cc1ccc(C(CC(C)C)NN)c(Cl)c1. The Balaban J connectivity index is 2.91. The summed E-state index contributed by atoms with van der Waals surface area (Å²) in [7, 11) is 0. The van der Waals surface area contributed by atoms with Crippen LogP contribution in [0.15, 0.2) is 18.2 Å². The molecule has 84 valence electrons. The third-order valence-electron chi connectivity index (χ3n) is 2.44. The average Bonchev–Trinajstić information content (AvgIpc) is 2.14. The first-order chi connectivity index (χ1) is 7.04. The summed E-state index contributed by atoms with van der Waals surface area (Å²) in [5, 5.41) is 0.790. The maximum absolute atomic E-state index is 6.19. The van der Waals surface area contributed by atoms with E-state index in [9.17, 15) is 0 Å². The maximum Gasteiger partial charge on any atom is 0.0477 e. The van der Waals surface area contributed by atoms with Crippen molar-refractivity contribution in [2.24, 2.45) is 11.8 Å². The lowest BCUT2D eigenvalue weighted by Crippen LogP contribution is -2.29. The smallest absolute Gasteiger partial charge is 0.0477 e. The first-order valence-electron chi connectivity index (χ1n) is 5.26. The van der Waals surface area contributed by atoms with E-state index < -0.39 is 0 Å². The third kappa shape index (κ3) is 3.49. The highest BCUT2D eigenvalue weighted by Crippen LogP contribution is 2.27. The zero-order chi connectivity index (χ0) is 11.4. The summed E-state index contributed by atoms with van der Waals surface area (Å²) in [6.45, 7) is 6.38. The molecule has 1 rings (SSSR count). The van der Waals surface area contributed by atoms with E-state index in [4.69, 9.17) is 17.4 Å². The molecule has 0 radical (unpaired) electrons. The Bertz CT molecular complexity index is 323. The molecule has 0 aliphatic heterocycles. The van der Waals surface area contributed by atoms with E-state index in [-0.39, 0.29) is 6.04 Å². The van der Waals surface area contributed by atoms with Crippen LogP contribution in [-0.2, 0) is 0 Å². The fourth-order valence-electron chi connectivity index (χ4n) is 1.67. The molecule has 1 aromatic carbocycles. The molecule has 0 saturated heterocycles. The van der Waals surface area contributed by atoms with Gasteiger partial charge < -0.3 is 0 Å². The largest absolute Gasteiger partial charge is 0.271 e. The molecule has 0 heterocycles. The van der Waals surface area contributed by atoms with Gasteiger partial charge in [0.15, 0.2) is 0 Å². The molecule has 0 aliphatic carbocycles. The normalized spacial score (nSPS) is 13.2. The Hall–Kier alpha value is -0.570. The van der Waals surface area contributed by atoms with Crippen LogP contribution in [0.1, 0.15) is 37.4 Å². The van der Waals surface area contributed by atoms with Crippen molar-refractivity contribution in [3.63, 3.8) is 0 Å². The van der Waals surface area contributed by atoms with Crippen LogP contribution in [0.5, 0.6) is 0 Å². The van der Waals surface area contributed by atoms with Gasteiger partial charge in [0.25, 0.3) is 0 Å². The summed E-state index contributed by atoms with van der Waals surface area (Å²) in [4.78, 5) is 0. The van der Waals surface area contributed by atoms with Crippen molar-refractivity contribution in [2.45, 2.75) is 33.2 Å². The van der Waals surface area contributed by atoms with Crippen molar-refractivity contribution in [1.82, 2.24) is 5.43 Å². The van der Waals surface area contributed by atoms with Gasteiger partial charge in [-0.05, 0) is 36.5 Å². The van der Waals surface area contributed by atoms with Gasteiger partial charge in [-0.25, -0.2) is 0 Å². The van der Waals surface area contributed by atoms with Gasteiger partial charge in [-0.2, -0.15) is 0 Å². The number of hydrazine groups is 1. The van der Waals surface area contributed by atoms with Crippen molar-refractivity contribution in [2.75, 3.05) is 0 Å². The van der Waals surface area contributed by atoms with E-state index in [2.05, 4.69) is 25.3 Å². The van der Waals surface area contributed by atoms with E-state index in [1.807, 2.05) is 19.1 Å².